The van der Waals surface area contributed by atoms with Crippen LogP contribution in [0.4, 0.5) is 0 Å². The maximum absolute atomic E-state index is 13.3. The van der Waals surface area contributed by atoms with E-state index in [1.807, 2.05) is 51.1 Å². The van der Waals surface area contributed by atoms with Gasteiger partial charge in [0, 0.05) is 32.0 Å². The van der Waals surface area contributed by atoms with Crippen LogP contribution >= 0.6 is 0 Å². The fourth-order valence-electron chi connectivity index (χ4n) is 4.77. The molecule has 1 aliphatic heterocycles. The summed E-state index contributed by atoms with van der Waals surface area (Å²) in [5.41, 5.74) is 5.98. The number of rotatable bonds is 13. The molecule has 44 heavy (non-hydrogen) atoms. The molecule has 0 aliphatic carbocycles. The van der Waals surface area contributed by atoms with Crippen molar-refractivity contribution in [2.24, 2.45) is 0 Å². The molecule has 10 heteroatoms. The van der Waals surface area contributed by atoms with Crippen molar-refractivity contribution < 1.29 is 37.3 Å². The number of sulfone groups is 1. The number of hydrogen-bond acceptors (Lipinski definition) is 7. The first-order valence-corrected chi connectivity index (χ1v) is 16.7. The van der Waals surface area contributed by atoms with Gasteiger partial charge in [0.25, 0.3) is 5.91 Å². The van der Waals surface area contributed by atoms with E-state index in [4.69, 9.17) is 9.47 Å². The van der Waals surface area contributed by atoms with E-state index < -0.39 is 27.8 Å². The van der Waals surface area contributed by atoms with Gasteiger partial charge >= 0.3 is 5.97 Å². The summed E-state index contributed by atoms with van der Waals surface area (Å²) in [5, 5.41) is 12.1. The van der Waals surface area contributed by atoms with Gasteiger partial charge in [-0.1, -0.05) is 42.5 Å². The van der Waals surface area contributed by atoms with Gasteiger partial charge in [-0.3, -0.25) is 4.79 Å². The van der Waals surface area contributed by atoms with Crippen LogP contribution in [0.25, 0.3) is 11.1 Å². The minimum atomic E-state index is -3.39. The van der Waals surface area contributed by atoms with Gasteiger partial charge < -0.3 is 24.6 Å². The summed E-state index contributed by atoms with van der Waals surface area (Å²) in [4.78, 5) is 25.0. The molecule has 0 aromatic heterocycles. The largest absolute Gasteiger partial charge is 0.493 e. The number of amides is 1. The van der Waals surface area contributed by atoms with Gasteiger partial charge in [0.1, 0.15) is 21.6 Å². The molecule has 1 heterocycles. The lowest BCUT2D eigenvalue weighted by Crippen LogP contribution is -2.42. The Hall–Kier alpha value is -3.73. The molecule has 0 saturated heterocycles. The number of ether oxygens (including phenoxy) is 3. The van der Waals surface area contributed by atoms with Gasteiger partial charge in [0.05, 0.1) is 25.1 Å². The van der Waals surface area contributed by atoms with E-state index in [9.17, 15) is 23.1 Å². The summed E-state index contributed by atoms with van der Waals surface area (Å²) >= 11 is 0. The van der Waals surface area contributed by atoms with Gasteiger partial charge in [0.15, 0.2) is 0 Å². The highest BCUT2D eigenvalue weighted by molar-refractivity contribution is 7.90. The first-order chi connectivity index (χ1) is 20.9. The molecular formula is C34H43NO8S. The van der Waals surface area contributed by atoms with Crippen LogP contribution in [0.2, 0.25) is 0 Å². The predicted octanol–water partition coefficient (Wildman–Crippen LogP) is 5.02. The SMILES string of the molecule is CCOC.Cc1ccccc1-c1cc(COC(C)Cc2ccc3c(c2)OCC3)ccc1C(=O)NC(CCS(C)(=O)=O)C(=O)O. The van der Waals surface area contributed by atoms with Gasteiger partial charge in [-0.25, -0.2) is 13.2 Å². The molecule has 1 aliphatic rings. The molecule has 9 nitrogen and oxygen atoms in total. The number of hydrogen-bond donors (Lipinski definition) is 2. The maximum Gasteiger partial charge on any atom is 0.326 e. The molecule has 0 spiro atoms. The molecule has 0 bridgehead atoms. The van der Waals surface area contributed by atoms with E-state index in [0.717, 1.165) is 60.3 Å². The number of aryl methyl sites for hydroxylation is 1. The minimum Gasteiger partial charge on any atom is -0.493 e. The van der Waals surface area contributed by atoms with Crippen molar-refractivity contribution in [3.63, 3.8) is 0 Å². The van der Waals surface area contributed by atoms with Gasteiger partial charge in [0.2, 0.25) is 0 Å². The van der Waals surface area contributed by atoms with E-state index in [1.165, 1.54) is 5.56 Å². The van der Waals surface area contributed by atoms with Crippen LogP contribution in [0.1, 0.15) is 52.9 Å². The number of nitrogens with one attached hydrogen (secondary N) is 1. The Morgan fingerprint density at radius 1 is 1.05 bits per heavy atom. The highest BCUT2D eigenvalue weighted by Crippen LogP contribution is 2.30. The Labute approximate surface area is 260 Å². The standard InChI is InChI=1S/C31H35NO7S.C3H8O/c1-20-6-4-5-7-25(20)27-17-23(19-39-21(2)16-22-8-10-24-12-14-38-29(24)18-22)9-11-26(27)30(33)32-28(31(34)35)13-15-40(3,36)37;1-3-4-2/h4-11,17-18,21,28H,12-16,19H2,1-3H3,(H,32,33)(H,34,35);3H2,1-2H3. The zero-order valence-corrected chi connectivity index (χ0v) is 26.9. The highest BCUT2D eigenvalue weighted by Gasteiger charge is 2.24. The number of carbonyl (C=O) groups excluding carboxylic acids is 1. The summed E-state index contributed by atoms with van der Waals surface area (Å²) in [6, 6.07) is 17.9. The van der Waals surface area contributed by atoms with Crippen LogP contribution in [0.15, 0.2) is 60.7 Å². The summed E-state index contributed by atoms with van der Waals surface area (Å²) in [5.74, 6) is -1.27. The number of carboxylic acid groups (broad SMARTS) is 1. The Morgan fingerprint density at radius 2 is 1.75 bits per heavy atom. The molecule has 4 rings (SSSR count). The Kier molecular flexibility index (Phi) is 12.9. The minimum absolute atomic E-state index is 0.0597. The fourth-order valence-corrected chi connectivity index (χ4v) is 5.43. The molecule has 1 amide bonds. The van der Waals surface area contributed by atoms with Crippen LogP contribution in [0, 0.1) is 6.92 Å². The highest BCUT2D eigenvalue weighted by atomic mass is 32.2. The molecule has 238 valence electrons. The van der Waals surface area contributed by atoms with Crippen molar-refractivity contribution in [3.05, 3.63) is 88.5 Å². The van der Waals surface area contributed by atoms with Gasteiger partial charge in [-0.2, -0.15) is 0 Å². The van der Waals surface area contributed by atoms with E-state index in [0.29, 0.717) is 17.7 Å². The number of carboxylic acids is 1. The smallest absolute Gasteiger partial charge is 0.326 e. The van der Waals surface area contributed by atoms with E-state index in [1.54, 1.807) is 19.2 Å². The third-order valence-electron chi connectivity index (χ3n) is 7.25. The molecular weight excluding hydrogens is 582 g/mol. The maximum atomic E-state index is 13.3. The van der Waals surface area contributed by atoms with Gasteiger partial charge in [-0.15, -0.1) is 0 Å². The van der Waals surface area contributed by atoms with Crippen molar-refractivity contribution in [1.29, 1.82) is 0 Å². The van der Waals surface area contributed by atoms with Crippen molar-refractivity contribution in [2.45, 2.75) is 58.8 Å². The molecule has 0 fully saturated rings. The van der Waals surface area contributed by atoms with Crippen molar-refractivity contribution in [3.8, 4) is 16.9 Å². The lowest BCUT2D eigenvalue weighted by molar-refractivity contribution is -0.139. The Bertz CT molecular complexity index is 1530. The number of fused-ring (bicyclic) bond motifs is 1. The number of methoxy groups -OCH3 is 1. The van der Waals surface area contributed by atoms with Gasteiger partial charge in [-0.05, 0) is 85.2 Å². The first kappa shape index (κ1) is 34.8. The number of aliphatic carboxylic acids is 1. The van der Waals surface area contributed by atoms with Crippen molar-refractivity contribution in [2.75, 3.05) is 32.3 Å². The van der Waals surface area contributed by atoms with E-state index in [-0.39, 0.29) is 18.3 Å². The van der Waals surface area contributed by atoms with Crippen molar-refractivity contribution >= 4 is 21.7 Å². The second-order valence-corrected chi connectivity index (χ2v) is 13.2. The Morgan fingerprint density at radius 3 is 2.41 bits per heavy atom. The first-order valence-electron chi connectivity index (χ1n) is 14.7. The van der Waals surface area contributed by atoms with Crippen LogP contribution < -0.4 is 10.1 Å². The zero-order valence-electron chi connectivity index (χ0n) is 26.1. The molecule has 2 unspecified atom stereocenters. The third-order valence-corrected chi connectivity index (χ3v) is 8.23. The van der Waals surface area contributed by atoms with E-state index >= 15 is 0 Å². The molecule has 3 aromatic carbocycles. The molecule has 2 atom stereocenters. The van der Waals surface area contributed by atoms with Crippen LogP contribution in [0.3, 0.4) is 0 Å². The number of benzene rings is 3. The quantitative estimate of drug-likeness (QED) is 0.271. The fraction of sp³-hybridized carbons (Fsp3) is 0.412. The number of carbonyl (C=O) groups is 2. The molecule has 0 radical (unpaired) electrons. The summed E-state index contributed by atoms with van der Waals surface area (Å²) in [6.45, 7) is 7.78. The van der Waals surface area contributed by atoms with Crippen LogP contribution in [0.5, 0.6) is 5.75 Å². The normalized spacial score (nSPS) is 13.6. The summed E-state index contributed by atoms with van der Waals surface area (Å²) < 4.78 is 39.5. The molecule has 0 saturated carbocycles. The third kappa shape index (κ3) is 10.5. The topological polar surface area (TPSA) is 128 Å². The lowest BCUT2D eigenvalue weighted by Gasteiger charge is -2.18. The zero-order chi connectivity index (χ0) is 32.3. The second-order valence-electron chi connectivity index (χ2n) is 10.9. The lowest BCUT2D eigenvalue weighted by atomic mass is 9.93. The monoisotopic (exact) mass is 625 g/mol. The summed E-state index contributed by atoms with van der Waals surface area (Å²) in [7, 11) is -1.71. The Balaban J connectivity index is 0.00000124. The average Bonchev–Trinajstić information content (AvgIpc) is 3.46. The molecule has 2 N–H and O–H groups in total. The average molecular weight is 626 g/mol. The van der Waals surface area contributed by atoms with Crippen molar-refractivity contribution in [1.82, 2.24) is 5.32 Å². The second kappa shape index (κ2) is 16.4. The molecule has 3 aromatic rings. The predicted molar refractivity (Wildman–Crippen MR) is 171 cm³/mol. The van der Waals surface area contributed by atoms with Crippen LogP contribution in [-0.2, 0) is 43.6 Å². The van der Waals surface area contributed by atoms with Crippen LogP contribution in [-0.4, -0.2) is 69.9 Å². The summed E-state index contributed by atoms with van der Waals surface area (Å²) in [6.07, 6.45) is 2.42. The van der Waals surface area contributed by atoms with E-state index in [2.05, 4.69) is 28.3 Å².